The van der Waals surface area contributed by atoms with Gasteiger partial charge in [-0.15, -0.1) is 0 Å². The number of hydrogen-bond acceptors (Lipinski definition) is 4. The van der Waals surface area contributed by atoms with E-state index < -0.39 is 5.97 Å². The molecule has 0 atom stereocenters. The van der Waals surface area contributed by atoms with E-state index in [1.165, 1.54) is 30.5 Å². The van der Waals surface area contributed by atoms with Crippen LogP contribution in [0, 0.1) is 0 Å². The first-order valence-electron chi connectivity index (χ1n) is 8.31. The fourth-order valence-corrected chi connectivity index (χ4v) is 3.08. The van der Waals surface area contributed by atoms with Gasteiger partial charge >= 0.3 is 5.97 Å². The molecule has 0 radical (unpaired) electrons. The van der Waals surface area contributed by atoms with Crippen LogP contribution in [0.2, 0.25) is 10.0 Å². The van der Waals surface area contributed by atoms with Gasteiger partial charge in [0.05, 0.1) is 26.6 Å². The highest BCUT2D eigenvalue weighted by atomic mass is 35.5. The highest BCUT2D eigenvalue weighted by molar-refractivity contribution is 6.42. The van der Waals surface area contributed by atoms with E-state index in [4.69, 9.17) is 32.4 Å². The lowest BCUT2D eigenvalue weighted by Crippen LogP contribution is -2.09. The number of fused-ring (bicyclic) bond motifs is 1. The van der Waals surface area contributed by atoms with Crippen molar-refractivity contribution in [3.8, 4) is 16.9 Å². The van der Waals surface area contributed by atoms with Crippen molar-refractivity contribution in [1.29, 1.82) is 0 Å². The van der Waals surface area contributed by atoms with Gasteiger partial charge in [0.25, 0.3) is 0 Å². The van der Waals surface area contributed by atoms with Crippen LogP contribution in [0.4, 0.5) is 0 Å². The highest BCUT2D eigenvalue weighted by Crippen LogP contribution is 2.25. The Balaban J connectivity index is 1.66. The summed E-state index contributed by atoms with van der Waals surface area (Å²) >= 11 is 11.8. The van der Waals surface area contributed by atoms with Gasteiger partial charge in [-0.1, -0.05) is 53.5 Å². The van der Waals surface area contributed by atoms with E-state index in [9.17, 15) is 9.59 Å². The van der Waals surface area contributed by atoms with Crippen molar-refractivity contribution in [2.75, 3.05) is 0 Å². The molecule has 4 aromatic rings. The van der Waals surface area contributed by atoms with Crippen LogP contribution in [-0.2, 0) is 0 Å². The first-order valence-corrected chi connectivity index (χ1v) is 9.07. The second kappa shape index (κ2) is 7.50. The second-order valence-corrected chi connectivity index (χ2v) is 6.84. The average molecular weight is 411 g/mol. The summed E-state index contributed by atoms with van der Waals surface area (Å²) in [7, 11) is 0. The van der Waals surface area contributed by atoms with E-state index in [-0.39, 0.29) is 21.8 Å². The molecule has 1 heterocycles. The number of ether oxygens (including phenoxy) is 1. The first kappa shape index (κ1) is 18.3. The zero-order chi connectivity index (χ0) is 19.7. The average Bonchev–Trinajstić information content (AvgIpc) is 2.71. The lowest BCUT2D eigenvalue weighted by Gasteiger charge is -2.07. The number of carbonyl (C=O) groups is 1. The fourth-order valence-electron chi connectivity index (χ4n) is 2.78. The van der Waals surface area contributed by atoms with Crippen LogP contribution in [0.1, 0.15) is 10.4 Å². The molecule has 6 heteroatoms. The lowest BCUT2D eigenvalue weighted by molar-refractivity contribution is 0.0735. The van der Waals surface area contributed by atoms with Gasteiger partial charge in [0.15, 0.2) is 5.43 Å². The Morgan fingerprint density at radius 1 is 0.893 bits per heavy atom. The molecule has 0 N–H and O–H groups in total. The minimum absolute atomic E-state index is 0.158. The van der Waals surface area contributed by atoms with Crippen molar-refractivity contribution in [2.45, 2.75) is 0 Å². The van der Waals surface area contributed by atoms with Gasteiger partial charge in [-0.2, -0.15) is 0 Å². The number of rotatable bonds is 3. The van der Waals surface area contributed by atoms with Crippen LogP contribution in [-0.4, -0.2) is 5.97 Å². The number of carbonyl (C=O) groups excluding carboxylic acids is 1. The Kier molecular flexibility index (Phi) is 4.90. The molecule has 0 amide bonds. The third kappa shape index (κ3) is 3.52. The highest BCUT2D eigenvalue weighted by Gasteiger charge is 2.13. The number of halogens is 2. The predicted molar refractivity (Wildman–Crippen MR) is 109 cm³/mol. The molecule has 4 nitrogen and oxygen atoms in total. The number of hydrogen-bond donors (Lipinski definition) is 0. The second-order valence-electron chi connectivity index (χ2n) is 6.02. The SMILES string of the molecule is O=C(Oc1ccc2c(=O)c(-c3ccccc3)coc2c1)c1ccc(Cl)c(Cl)c1. The quantitative estimate of drug-likeness (QED) is 0.307. The van der Waals surface area contributed by atoms with Gasteiger partial charge in [0.2, 0.25) is 0 Å². The van der Waals surface area contributed by atoms with Crippen LogP contribution in [0.3, 0.4) is 0 Å². The van der Waals surface area contributed by atoms with Crippen LogP contribution in [0.25, 0.3) is 22.1 Å². The van der Waals surface area contributed by atoms with Crippen molar-refractivity contribution in [3.05, 3.63) is 98.8 Å². The zero-order valence-corrected chi connectivity index (χ0v) is 15.8. The van der Waals surface area contributed by atoms with Crippen molar-refractivity contribution in [2.24, 2.45) is 0 Å². The molecule has 0 aliphatic carbocycles. The maximum absolute atomic E-state index is 12.8. The van der Waals surface area contributed by atoms with E-state index in [2.05, 4.69) is 0 Å². The summed E-state index contributed by atoms with van der Waals surface area (Å²) in [6.07, 6.45) is 1.41. The molecular formula is C22H12Cl2O4. The summed E-state index contributed by atoms with van der Waals surface area (Å²) in [6.45, 7) is 0. The summed E-state index contributed by atoms with van der Waals surface area (Å²) in [5.74, 6) is -0.347. The van der Waals surface area contributed by atoms with Gasteiger partial charge in [-0.25, -0.2) is 4.79 Å². The third-order valence-corrected chi connectivity index (χ3v) is 4.94. The summed E-state index contributed by atoms with van der Waals surface area (Å²) in [5, 5.41) is 1.00. The van der Waals surface area contributed by atoms with Crippen LogP contribution >= 0.6 is 23.2 Å². The molecule has 0 aliphatic heterocycles. The van der Waals surface area contributed by atoms with E-state index in [0.717, 1.165) is 5.56 Å². The molecular weight excluding hydrogens is 399 g/mol. The van der Waals surface area contributed by atoms with Gasteiger partial charge in [-0.05, 0) is 35.9 Å². The molecule has 0 saturated carbocycles. The molecule has 28 heavy (non-hydrogen) atoms. The summed E-state index contributed by atoms with van der Waals surface area (Å²) in [5.41, 5.74) is 1.66. The lowest BCUT2D eigenvalue weighted by atomic mass is 10.1. The Morgan fingerprint density at radius 2 is 1.68 bits per heavy atom. The number of esters is 1. The Morgan fingerprint density at radius 3 is 2.43 bits per heavy atom. The van der Waals surface area contributed by atoms with Gasteiger partial charge in [0.1, 0.15) is 17.6 Å². The predicted octanol–water partition coefficient (Wildman–Crippen LogP) is 5.99. The Hall–Kier alpha value is -3.08. The molecule has 0 unspecified atom stereocenters. The molecule has 0 bridgehead atoms. The summed E-state index contributed by atoms with van der Waals surface area (Å²) < 4.78 is 11.0. The minimum atomic E-state index is -0.596. The van der Waals surface area contributed by atoms with Gasteiger partial charge in [-0.3, -0.25) is 4.79 Å². The summed E-state index contributed by atoms with van der Waals surface area (Å²) in [4.78, 5) is 25.1. The molecule has 138 valence electrons. The van der Waals surface area contributed by atoms with Gasteiger partial charge in [0, 0.05) is 6.07 Å². The number of benzene rings is 3. The molecule has 4 rings (SSSR count). The topological polar surface area (TPSA) is 56.5 Å². The monoisotopic (exact) mass is 410 g/mol. The Labute approximate surface area is 169 Å². The third-order valence-electron chi connectivity index (χ3n) is 4.20. The Bertz CT molecular complexity index is 1250. The van der Waals surface area contributed by atoms with Crippen molar-refractivity contribution < 1.29 is 13.9 Å². The molecule has 0 spiro atoms. The van der Waals surface area contributed by atoms with Crippen LogP contribution in [0.5, 0.6) is 5.75 Å². The standard InChI is InChI=1S/C22H12Cl2O4/c23-18-9-6-14(10-19(18)24)22(26)28-15-7-8-16-20(11-15)27-12-17(21(16)25)13-4-2-1-3-5-13/h1-12H. The van der Waals surface area contributed by atoms with Crippen LogP contribution < -0.4 is 10.2 Å². The van der Waals surface area contributed by atoms with Crippen molar-refractivity contribution in [3.63, 3.8) is 0 Å². The van der Waals surface area contributed by atoms with E-state index in [0.29, 0.717) is 21.6 Å². The van der Waals surface area contributed by atoms with Crippen LogP contribution in [0.15, 0.2) is 82.2 Å². The largest absolute Gasteiger partial charge is 0.463 e. The maximum atomic E-state index is 12.8. The molecule has 0 saturated heterocycles. The van der Waals surface area contributed by atoms with E-state index in [1.54, 1.807) is 12.1 Å². The first-order chi connectivity index (χ1) is 13.5. The zero-order valence-electron chi connectivity index (χ0n) is 14.3. The van der Waals surface area contributed by atoms with E-state index >= 15 is 0 Å². The normalized spacial score (nSPS) is 10.8. The van der Waals surface area contributed by atoms with Crippen molar-refractivity contribution in [1.82, 2.24) is 0 Å². The molecule has 1 aromatic heterocycles. The summed E-state index contributed by atoms with van der Waals surface area (Å²) in [6, 6.07) is 18.3. The maximum Gasteiger partial charge on any atom is 0.343 e. The molecule has 0 fully saturated rings. The molecule has 0 aliphatic rings. The minimum Gasteiger partial charge on any atom is -0.463 e. The van der Waals surface area contributed by atoms with Gasteiger partial charge < -0.3 is 9.15 Å². The van der Waals surface area contributed by atoms with Crippen molar-refractivity contribution >= 4 is 40.1 Å². The smallest absolute Gasteiger partial charge is 0.343 e. The molecule has 3 aromatic carbocycles. The fraction of sp³-hybridized carbons (Fsp3) is 0. The van der Waals surface area contributed by atoms with E-state index in [1.807, 2.05) is 30.3 Å².